The number of benzene rings is 1. The van der Waals surface area contributed by atoms with Crippen LogP contribution < -0.4 is 0 Å². The molecule has 31 heavy (non-hydrogen) atoms. The number of ketones is 2. The van der Waals surface area contributed by atoms with Crippen LogP contribution in [0.25, 0.3) is 0 Å². The maximum atomic E-state index is 12.6. The largest absolute Gasteiger partial charge is 0.508 e. The van der Waals surface area contributed by atoms with Crippen LogP contribution in [0.1, 0.15) is 72.5 Å². The molecule has 0 aliphatic rings. The van der Waals surface area contributed by atoms with Gasteiger partial charge in [-0.15, -0.1) is 0 Å². The number of hydrogen-bond donors (Lipinski definition) is 2. The zero-order valence-electron chi connectivity index (χ0n) is 20.1. The minimum absolute atomic E-state index is 0.00968. The third-order valence-electron chi connectivity index (χ3n) is 6.26. The number of hydrogen-bond acceptors (Lipinski definition) is 5. The van der Waals surface area contributed by atoms with Gasteiger partial charge in [-0.3, -0.25) is 9.59 Å². The van der Waals surface area contributed by atoms with E-state index >= 15 is 0 Å². The summed E-state index contributed by atoms with van der Waals surface area (Å²) < 4.78 is 5.57. The third-order valence-corrected chi connectivity index (χ3v) is 6.26. The Kier molecular flexibility index (Phi) is 10.6. The summed E-state index contributed by atoms with van der Waals surface area (Å²) >= 11 is 0. The minimum atomic E-state index is -0.620. The molecule has 0 fully saturated rings. The molecule has 0 saturated carbocycles. The van der Waals surface area contributed by atoms with Crippen molar-refractivity contribution < 1.29 is 24.5 Å². The molecule has 2 N–H and O–H groups in total. The first kappa shape index (κ1) is 27.1. The molecular formula is C26H40O5. The molecule has 5 nitrogen and oxygen atoms in total. The SMILES string of the molecule is CO[C@@H](CC[C@H](C)[C@@H](O)[C@@H](C)/C=C/C(=O)C(C)(C)CC(C)C(C)=O)c1cccc(O)c1. The van der Waals surface area contributed by atoms with Gasteiger partial charge in [0.15, 0.2) is 5.78 Å². The number of carbonyl (C=O) groups is 2. The normalized spacial score (nSPS) is 17.2. The molecule has 0 aliphatic carbocycles. The lowest BCUT2D eigenvalue weighted by Crippen LogP contribution is -2.28. The molecule has 174 valence electrons. The number of phenols is 1. The second-order valence-electron chi connectivity index (χ2n) is 9.55. The van der Waals surface area contributed by atoms with Crippen LogP contribution in [0.4, 0.5) is 0 Å². The first-order valence-electron chi connectivity index (χ1n) is 11.1. The van der Waals surface area contributed by atoms with Gasteiger partial charge in [-0.25, -0.2) is 0 Å². The van der Waals surface area contributed by atoms with Crippen molar-refractivity contribution in [3.8, 4) is 5.75 Å². The van der Waals surface area contributed by atoms with E-state index < -0.39 is 11.5 Å². The molecule has 1 aromatic carbocycles. The van der Waals surface area contributed by atoms with Crippen molar-refractivity contribution >= 4 is 11.6 Å². The maximum absolute atomic E-state index is 12.6. The number of aliphatic hydroxyl groups excluding tert-OH is 1. The molecule has 0 saturated heterocycles. The van der Waals surface area contributed by atoms with Crippen LogP contribution in [0.3, 0.4) is 0 Å². The number of allylic oxidation sites excluding steroid dienone is 1. The van der Waals surface area contributed by atoms with Gasteiger partial charge in [0.05, 0.1) is 12.2 Å². The van der Waals surface area contributed by atoms with Crippen LogP contribution in [0, 0.1) is 23.2 Å². The molecule has 5 atom stereocenters. The third kappa shape index (κ3) is 8.58. The fourth-order valence-electron chi connectivity index (χ4n) is 3.84. The van der Waals surface area contributed by atoms with Gasteiger partial charge in [-0.05, 0) is 55.9 Å². The Hall–Kier alpha value is -1.98. The summed E-state index contributed by atoms with van der Waals surface area (Å²) in [5.74, 6) is -0.0669. The van der Waals surface area contributed by atoms with Gasteiger partial charge < -0.3 is 14.9 Å². The lowest BCUT2D eigenvalue weighted by molar-refractivity contribution is -0.125. The van der Waals surface area contributed by atoms with Crippen molar-refractivity contribution in [3.63, 3.8) is 0 Å². The van der Waals surface area contributed by atoms with Crippen LogP contribution in [-0.4, -0.2) is 35.0 Å². The molecule has 0 radical (unpaired) electrons. The standard InChI is InChI=1S/C26H40O5/c1-17(11-13-23(31-7)21-9-8-10-22(28)15-21)25(30)18(2)12-14-24(29)26(5,6)16-19(3)20(4)27/h8-10,12,14-15,17-19,23,25,28,30H,11,13,16H2,1-7H3/b14-12+/t17-,18-,19?,23-,25+/m0/s1. The van der Waals surface area contributed by atoms with E-state index in [-0.39, 0.29) is 41.2 Å². The summed E-state index contributed by atoms with van der Waals surface area (Å²) in [5.41, 5.74) is 0.287. The van der Waals surface area contributed by atoms with E-state index in [1.54, 1.807) is 44.4 Å². The summed E-state index contributed by atoms with van der Waals surface area (Å²) in [4.78, 5) is 24.2. The Morgan fingerprint density at radius 3 is 2.35 bits per heavy atom. The van der Waals surface area contributed by atoms with Crippen molar-refractivity contribution in [3.05, 3.63) is 42.0 Å². The average molecular weight is 433 g/mol. The van der Waals surface area contributed by atoms with Gasteiger partial charge in [-0.2, -0.15) is 0 Å². The van der Waals surface area contributed by atoms with Crippen LogP contribution >= 0.6 is 0 Å². The number of rotatable bonds is 13. The van der Waals surface area contributed by atoms with Crippen molar-refractivity contribution in [2.45, 2.75) is 73.0 Å². The second-order valence-corrected chi connectivity index (χ2v) is 9.55. The van der Waals surface area contributed by atoms with Gasteiger partial charge in [0.25, 0.3) is 0 Å². The van der Waals surface area contributed by atoms with Crippen LogP contribution in [0.15, 0.2) is 36.4 Å². The quantitative estimate of drug-likeness (QED) is 0.415. The molecular weight excluding hydrogens is 392 g/mol. The minimum Gasteiger partial charge on any atom is -0.508 e. The Bertz CT molecular complexity index is 752. The second kappa shape index (κ2) is 12.2. The van der Waals surface area contributed by atoms with Gasteiger partial charge in [0.1, 0.15) is 11.5 Å². The van der Waals surface area contributed by atoms with Crippen molar-refractivity contribution in [2.75, 3.05) is 7.11 Å². The van der Waals surface area contributed by atoms with E-state index in [9.17, 15) is 19.8 Å². The molecule has 1 unspecified atom stereocenters. The lowest BCUT2D eigenvalue weighted by atomic mass is 9.78. The van der Waals surface area contributed by atoms with Crippen LogP contribution in [0.2, 0.25) is 0 Å². The zero-order valence-corrected chi connectivity index (χ0v) is 20.1. The number of phenolic OH excluding ortho intramolecular Hbond substituents is 1. The number of methoxy groups -OCH3 is 1. The average Bonchev–Trinajstić information content (AvgIpc) is 2.70. The summed E-state index contributed by atoms with van der Waals surface area (Å²) in [6.45, 7) is 11.0. The Morgan fingerprint density at radius 1 is 1.16 bits per heavy atom. The summed E-state index contributed by atoms with van der Waals surface area (Å²) in [6.07, 6.45) is 4.53. The molecule has 0 aliphatic heterocycles. The highest BCUT2D eigenvalue weighted by Gasteiger charge is 2.29. The fraction of sp³-hybridized carbons (Fsp3) is 0.615. The number of ether oxygens (including phenoxy) is 1. The van der Waals surface area contributed by atoms with E-state index in [1.807, 2.05) is 40.7 Å². The zero-order chi connectivity index (χ0) is 23.8. The Balaban J connectivity index is 2.65. The highest BCUT2D eigenvalue weighted by Crippen LogP contribution is 2.30. The van der Waals surface area contributed by atoms with E-state index in [2.05, 4.69) is 0 Å². The van der Waals surface area contributed by atoms with E-state index in [1.165, 1.54) is 0 Å². The highest BCUT2D eigenvalue weighted by atomic mass is 16.5. The topological polar surface area (TPSA) is 83.8 Å². The molecule has 0 heterocycles. The molecule has 0 amide bonds. The van der Waals surface area contributed by atoms with Gasteiger partial charge in [0, 0.05) is 24.4 Å². The number of carbonyl (C=O) groups excluding carboxylic acids is 2. The van der Waals surface area contributed by atoms with E-state index in [4.69, 9.17) is 4.74 Å². The molecule has 1 rings (SSSR count). The van der Waals surface area contributed by atoms with Crippen LogP contribution in [0.5, 0.6) is 5.75 Å². The smallest absolute Gasteiger partial charge is 0.160 e. The monoisotopic (exact) mass is 432 g/mol. The van der Waals surface area contributed by atoms with E-state index in [0.717, 1.165) is 12.0 Å². The lowest BCUT2D eigenvalue weighted by Gasteiger charge is -2.26. The molecule has 0 spiro atoms. The molecule has 1 aromatic rings. The predicted octanol–water partition coefficient (Wildman–Crippen LogP) is 5.26. The molecule has 0 aromatic heterocycles. The fourth-order valence-corrected chi connectivity index (χ4v) is 3.84. The maximum Gasteiger partial charge on any atom is 0.160 e. The highest BCUT2D eigenvalue weighted by molar-refractivity contribution is 5.94. The number of aliphatic hydroxyl groups is 1. The summed E-state index contributed by atoms with van der Waals surface area (Å²) in [5, 5.41) is 20.4. The van der Waals surface area contributed by atoms with Gasteiger partial charge in [0.2, 0.25) is 0 Å². The summed E-state index contributed by atoms with van der Waals surface area (Å²) in [7, 11) is 1.64. The van der Waals surface area contributed by atoms with Crippen molar-refractivity contribution in [1.82, 2.24) is 0 Å². The van der Waals surface area contributed by atoms with E-state index in [0.29, 0.717) is 12.8 Å². The van der Waals surface area contributed by atoms with Gasteiger partial charge >= 0.3 is 0 Å². The molecule has 0 bridgehead atoms. The first-order valence-corrected chi connectivity index (χ1v) is 11.1. The van der Waals surface area contributed by atoms with Crippen molar-refractivity contribution in [2.24, 2.45) is 23.2 Å². The number of Topliss-reactive ketones (excluding diaryl/α,β-unsaturated/α-hetero) is 1. The Morgan fingerprint density at radius 2 is 1.81 bits per heavy atom. The Labute approximate surface area is 187 Å². The number of aromatic hydroxyl groups is 1. The predicted molar refractivity (Wildman–Crippen MR) is 124 cm³/mol. The first-order chi connectivity index (χ1) is 14.4. The summed E-state index contributed by atoms with van der Waals surface area (Å²) in [6, 6.07) is 7.03. The van der Waals surface area contributed by atoms with Gasteiger partial charge in [-0.1, -0.05) is 52.8 Å². The molecule has 5 heteroatoms. The van der Waals surface area contributed by atoms with Crippen molar-refractivity contribution in [1.29, 1.82) is 0 Å². The van der Waals surface area contributed by atoms with Crippen LogP contribution in [-0.2, 0) is 14.3 Å².